The second-order valence-corrected chi connectivity index (χ2v) is 7.05. The Balaban J connectivity index is 1.82. The summed E-state index contributed by atoms with van der Waals surface area (Å²) < 4.78 is 0. The van der Waals surface area contributed by atoms with Gasteiger partial charge in [0.25, 0.3) is 0 Å². The molecule has 0 radical (unpaired) electrons. The molecule has 0 aliphatic carbocycles. The summed E-state index contributed by atoms with van der Waals surface area (Å²) >= 11 is 0. The van der Waals surface area contributed by atoms with Crippen LogP contribution in [0.1, 0.15) is 23.6 Å². The van der Waals surface area contributed by atoms with E-state index in [0.29, 0.717) is 19.5 Å². The Kier molecular flexibility index (Phi) is 7.75. The Morgan fingerprint density at radius 3 is 1.83 bits per heavy atom. The SMILES string of the molecule is CC(=O)ON(Cc1ccccc1)C(Cc1ccccc1)C(=O)NCc1ccccc1. The van der Waals surface area contributed by atoms with Crippen molar-refractivity contribution in [3.8, 4) is 0 Å². The monoisotopic (exact) mass is 402 g/mol. The van der Waals surface area contributed by atoms with Crippen LogP contribution in [0.5, 0.6) is 0 Å². The van der Waals surface area contributed by atoms with Crippen LogP contribution in [0, 0.1) is 0 Å². The summed E-state index contributed by atoms with van der Waals surface area (Å²) in [6, 6.07) is 28.4. The first-order valence-electron chi connectivity index (χ1n) is 9.96. The van der Waals surface area contributed by atoms with Crippen LogP contribution in [0.3, 0.4) is 0 Å². The zero-order chi connectivity index (χ0) is 21.2. The zero-order valence-electron chi connectivity index (χ0n) is 17.0. The second kappa shape index (κ2) is 10.9. The van der Waals surface area contributed by atoms with Crippen molar-refractivity contribution in [2.24, 2.45) is 0 Å². The van der Waals surface area contributed by atoms with Gasteiger partial charge >= 0.3 is 5.97 Å². The fourth-order valence-corrected chi connectivity index (χ4v) is 3.20. The minimum Gasteiger partial charge on any atom is -0.367 e. The lowest BCUT2D eigenvalue weighted by Gasteiger charge is -2.29. The molecule has 1 amide bonds. The van der Waals surface area contributed by atoms with Gasteiger partial charge in [0.05, 0.1) is 6.54 Å². The maximum absolute atomic E-state index is 13.2. The largest absolute Gasteiger partial charge is 0.367 e. The van der Waals surface area contributed by atoms with E-state index in [9.17, 15) is 9.59 Å². The van der Waals surface area contributed by atoms with Crippen molar-refractivity contribution in [1.82, 2.24) is 10.4 Å². The predicted octanol–water partition coefficient (Wildman–Crippen LogP) is 3.89. The molecule has 0 aliphatic rings. The van der Waals surface area contributed by atoms with Crippen LogP contribution >= 0.6 is 0 Å². The highest BCUT2D eigenvalue weighted by atomic mass is 16.7. The van der Waals surface area contributed by atoms with Gasteiger partial charge in [-0.2, -0.15) is 0 Å². The van der Waals surface area contributed by atoms with Gasteiger partial charge in [-0.3, -0.25) is 9.59 Å². The van der Waals surface area contributed by atoms with Crippen LogP contribution in [0.15, 0.2) is 91.0 Å². The number of benzene rings is 3. The Labute approximate surface area is 177 Å². The topological polar surface area (TPSA) is 58.6 Å². The fourth-order valence-electron chi connectivity index (χ4n) is 3.20. The average Bonchev–Trinajstić information content (AvgIpc) is 2.77. The Bertz CT molecular complexity index is 930. The number of rotatable bonds is 9. The quantitative estimate of drug-likeness (QED) is 0.552. The summed E-state index contributed by atoms with van der Waals surface area (Å²) in [6.07, 6.45) is 0.418. The van der Waals surface area contributed by atoms with Crippen molar-refractivity contribution < 1.29 is 14.4 Å². The number of hydrogen-bond donors (Lipinski definition) is 1. The minimum atomic E-state index is -0.666. The molecule has 5 nitrogen and oxygen atoms in total. The maximum atomic E-state index is 13.2. The number of nitrogens with one attached hydrogen (secondary N) is 1. The van der Waals surface area contributed by atoms with Gasteiger partial charge in [-0.15, -0.1) is 5.06 Å². The number of hydrogen-bond acceptors (Lipinski definition) is 4. The van der Waals surface area contributed by atoms with E-state index < -0.39 is 12.0 Å². The normalized spacial score (nSPS) is 11.7. The van der Waals surface area contributed by atoms with Crippen LogP contribution < -0.4 is 5.32 Å². The lowest BCUT2D eigenvalue weighted by molar-refractivity contribution is -0.204. The Morgan fingerprint density at radius 2 is 1.30 bits per heavy atom. The number of carbonyl (C=O) groups is 2. The van der Waals surface area contributed by atoms with E-state index in [1.165, 1.54) is 12.0 Å². The van der Waals surface area contributed by atoms with Gasteiger partial charge < -0.3 is 10.2 Å². The van der Waals surface area contributed by atoms with E-state index in [4.69, 9.17) is 4.84 Å². The van der Waals surface area contributed by atoms with Gasteiger partial charge in [0, 0.05) is 19.9 Å². The lowest BCUT2D eigenvalue weighted by atomic mass is 10.0. The highest BCUT2D eigenvalue weighted by Crippen LogP contribution is 2.15. The van der Waals surface area contributed by atoms with E-state index in [-0.39, 0.29) is 5.91 Å². The maximum Gasteiger partial charge on any atom is 0.322 e. The van der Waals surface area contributed by atoms with Crippen molar-refractivity contribution in [2.75, 3.05) is 0 Å². The Morgan fingerprint density at radius 1 is 0.800 bits per heavy atom. The molecule has 1 atom stereocenters. The molecule has 0 aromatic heterocycles. The van der Waals surface area contributed by atoms with Crippen LogP contribution in [0.2, 0.25) is 0 Å². The molecule has 0 spiro atoms. The molecule has 1 N–H and O–H groups in total. The summed E-state index contributed by atoms with van der Waals surface area (Å²) in [5, 5.41) is 4.46. The molecule has 0 saturated carbocycles. The van der Waals surface area contributed by atoms with Gasteiger partial charge in [0.1, 0.15) is 6.04 Å². The number of nitrogens with zero attached hydrogens (tertiary/aromatic N) is 1. The molecule has 3 aromatic carbocycles. The van der Waals surface area contributed by atoms with Gasteiger partial charge in [0.15, 0.2) is 0 Å². The first-order valence-corrected chi connectivity index (χ1v) is 9.96. The van der Waals surface area contributed by atoms with E-state index in [0.717, 1.165) is 16.7 Å². The predicted molar refractivity (Wildman–Crippen MR) is 116 cm³/mol. The minimum absolute atomic E-state index is 0.195. The van der Waals surface area contributed by atoms with Crippen LogP contribution in [0.25, 0.3) is 0 Å². The van der Waals surface area contributed by atoms with Crippen molar-refractivity contribution >= 4 is 11.9 Å². The van der Waals surface area contributed by atoms with Crippen LogP contribution in [0.4, 0.5) is 0 Å². The fraction of sp³-hybridized carbons (Fsp3) is 0.200. The van der Waals surface area contributed by atoms with Crippen molar-refractivity contribution in [3.05, 3.63) is 108 Å². The molecule has 0 aliphatic heterocycles. The molecule has 1 unspecified atom stereocenters. The third kappa shape index (κ3) is 6.57. The third-order valence-corrected chi connectivity index (χ3v) is 4.66. The smallest absolute Gasteiger partial charge is 0.322 e. The molecule has 0 heterocycles. The number of amides is 1. The lowest BCUT2D eigenvalue weighted by Crippen LogP contribution is -2.48. The van der Waals surface area contributed by atoms with Crippen molar-refractivity contribution in [3.63, 3.8) is 0 Å². The van der Waals surface area contributed by atoms with Crippen LogP contribution in [-0.4, -0.2) is 23.0 Å². The first kappa shape index (κ1) is 21.3. The molecule has 0 fully saturated rings. The molecule has 3 rings (SSSR count). The molecule has 0 saturated heterocycles. The van der Waals surface area contributed by atoms with E-state index in [1.807, 2.05) is 91.0 Å². The summed E-state index contributed by atoms with van der Waals surface area (Å²) in [5.74, 6) is -0.653. The number of carbonyl (C=O) groups excluding carboxylic acids is 2. The summed E-state index contributed by atoms with van der Waals surface area (Å²) in [7, 11) is 0. The van der Waals surface area contributed by atoms with E-state index in [2.05, 4.69) is 5.32 Å². The Hall–Kier alpha value is -3.44. The third-order valence-electron chi connectivity index (χ3n) is 4.66. The zero-order valence-corrected chi connectivity index (χ0v) is 17.0. The van der Waals surface area contributed by atoms with Gasteiger partial charge in [-0.05, 0) is 16.7 Å². The highest BCUT2D eigenvalue weighted by Gasteiger charge is 2.29. The molecule has 5 heteroatoms. The van der Waals surface area contributed by atoms with Crippen molar-refractivity contribution in [1.29, 1.82) is 0 Å². The first-order chi connectivity index (χ1) is 14.6. The second-order valence-electron chi connectivity index (χ2n) is 7.05. The summed E-state index contributed by atoms with van der Waals surface area (Å²) in [4.78, 5) is 30.5. The van der Waals surface area contributed by atoms with Crippen molar-refractivity contribution in [2.45, 2.75) is 32.5 Å². The van der Waals surface area contributed by atoms with Gasteiger partial charge in [0.2, 0.25) is 5.91 Å². The van der Waals surface area contributed by atoms with E-state index >= 15 is 0 Å². The number of hydroxylamine groups is 2. The molecule has 0 bridgehead atoms. The molecule has 30 heavy (non-hydrogen) atoms. The highest BCUT2D eigenvalue weighted by molar-refractivity contribution is 5.82. The van der Waals surface area contributed by atoms with Crippen LogP contribution in [-0.2, 0) is 33.9 Å². The van der Waals surface area contributed by atoms with Gasteiger partial charge in [-0.25, -0.2) is 0 Å². The summed E-state index contributed by atoms with van der Waals surface area (Å²) in [5.41, 5.74) is 2.95. The summed E-state index contributed by atoms with van der Waals surface area (Å²) in [6.45, 7) is 2.07. The van der Waals surface area contributed by atoms with E-state index in [1.54, 1.807) is 0 Å². The molecular formula is C25H26N2O3. The van der Waals surface area contributed by atoms with Gasteiger partial charge in [-0.1, -0.05) is 91.0 Å². The molecule has 3 aromatic rings. The average molecular weight is 402 g/mol. The standard InChI is InChI=1S/C25H26N2O3/c1-20(28)30-27(19-23-15-9-4-10-16-23)24(17-21-11-5-2-6-12-21)25(29)26-18-22-13-7-3-8-14-22/h2-16,24H,17-19H2,1H3,(H,26,29). The molecule has 154 valence electrons. The molecular weight excluding hydrogens is 376 g/mol.